The highest BCUT2D eigenvalue weighted by molar-refractivity contribution is 7.92. The molecule has 0 aliphatic carbocycles. The number of benzene rings is 4. The zero-order valence-corrected chi connectivity index (χ0v) is 29.0. The summed E-state index contributed by atoms with van der Waals surface area (Å²) in [6, 6.07) is 30.4. The van der Waals surface area contributed by atoms with Crippen molar-refractivity contribution >= 4 is 27.5 Å². The van der Waals surface area contributed by atoms with Gasteiger partial charge in [0.15, 0.2) is 0 Å². The Kier molecular flexibility index (Phi) is 12.4. The van der Waals surface area contributed by atoms with E-state index < -0.39 is 28.5 Å². The number of sulfonamides is 1. The van der Waals surface area contributed by atoms with Crippen LogP contribution in [0.5, 0.6) is 0 Å². The summed E-state index contributed by atoms with van der Waals surface area (Å²) in [4.78, 5) is 30.1. The van der Waals surface area contributed by atoms with E-state index in [-0.39, 0.29) is 29.7 Å². The Morgan fingerprint density at radius 2 is 1.36 bits per heavy atom. The van der Waals surface area contributed by atoms with Crippen LogP contribution in [0.1, 0.15) is 67.3 Å². The second kappa shape index (κ2) is 16.4. The van der Waals surface area contributed by atoms with Crippen LogP contribution in [0.15, 0.2) is 108 Å². The topological polar surface area (TPSA) is 86.8 Å². The van der Waals surface area contributed by atoms with Gasteiger partial charge in [-0.15, -0.1) is 0 Å². The molecule has 4 aromatic rings. The van der Waals surface area contributed by atoms with E-state index in [4.69, 9.17) is 0 Å². The van der Waals surface area contributed by atoms with Gasteiger partial charge in [-0.2, -0.15) is 0 Å². The zero-order chi connectivity index (χ0) is 34.0. The fraction of sp³-hybridized carbons (Fsp3) is 0.333. The Bertz CT molecular complexity index is 1700. The normalized spacial score (nSPS) is 12.0. The number of nitrogens with one attached hydrogen (secondary N) is 1. The first-order valence-corrected chi connectivity index (χ1v) is 17.8. The Labute approximate surface area is 280 Å². The molecule has 0 saturated carbocycles. The quantitative estimate of drug-likeness (QED) is 0.138. The Hall–Kier alpha value is -4.43. The number of anilines is 1. The molecule has 0 aliphatic heterocycles. The Morgan fingerprint density at radius 3 is 1.94 bits per heavy atom. The van der Waals surface area contributed by atoms with Crippen molar-refractivity contribution in [1.82, 2.24) is 10.2 Å². The van der Waals surface area contributed by atoms with Gasteiger partial charge in [0.05, 0.1) is 10.6 Å². The predicted octanol–water partition coefficient (Wildman–Crippen LogP) is 7.18. The molecule has 0 spiro atoms. The minimum absolute atomic E-state index is 0.0899. The number of unbranched alkanes of at least 4 members (excludes halogenated alkanes) is 1. The highest BCUT2D eigenvalue weighted by Crippen LogP contribution is 2.27. The molecule has 248 valence electrons. The van der Waals surface area contributed by atoms with E-state index in [1.165, 1.54) is 4.31 Å². The summed E-state index contributed by atoms with van der Waals surface area (Å²) < 4.78 is 29.7. The molecule has 1 unspecified atom stereocenters. The minimum Gasteiger partial charge on any atom is -0.354 e. The summed E-state index contributed by atoms with van der Waals surface area (Å²) in [6.07, 6.45) is 2.01. The van der Waals surface area contributed by atoms with Crippen molar-refractivity contribution < 1.29 is 18.0 Å². The Balaban J connectivity index is 1.79. The van der Waals surface area contributed by atoms with Gasteiger partial charge < -0.3 is 10.2 Å². The SMILES string of the molecule is CCCCNC(=O)C(Cc1ccccc1)N(Cc1ccc(C)cc1)C(=O)CN(c1ccc(C(C)C)cc1)S(=O)(=O)c1ccc(C)cc1. The summed E-state index contributed by atoms with van der Waals surface area (Å²) in [6.45, 7) is 10.2. The summed E-state index contributed by atoms with van der Waals surface area (Å²) in [5, 5.41) is 3.03. The number of amides is 2. The second-order valence-corrected chi connectivity index (χ2v) is 14.3. The fourth-order valence-electron chi connectivity index (χ4n) is 5.34. The molecule has 0 bridgehead atoms. The van der Waals surface area contributed by atoms with Crippen LogP contribution in [0.25, 0.3) is 0 Å². The summed E-state index contributed by atoms with van der Waals surface area (Å²) in [5.41, 5.74) is 5.18. The zero-order valence-electron chi connectivity index (χ0n) is 28.1. The average Bonchev–Trinajstić information content (AvgIpc) is 3.06. The predicted molar refractivity (Wildman–Crippen MR) is 190 cm³/mol. The van der Waals surface area contributed by atoms with E-state index in [0.717, 1.165) is 40.7 Å². The van der Waals surface area contributed by atoms with Crippen LogP contribution < -0.4 is 9.62 Å². The van der Waals surface area contributed by atoms with Gasteiger partial charge in [-0.25, -0.2) is 8.42 Å². The molecule has 0 aromatic heterocycles. The van der Waals surface area contributed by atoms with Crippen molar-refractivity contribution in [1.29, 1.82) is 0 Å². The standard InChI is InChI=1S/C39H47N3O4S/c1-6-7-25-40-39(44)37(26-32-11-9-8-10-12-32)41(27-33-17-13-30(4)14-18-33)38(43)28-42(35-21-19-34(20-22-35)29(2)3)47(45,46)36-23-15-31(5)16-24-36/h8-24,29,37H,6-7,25-28H2,1-5H3,(H,40,44). The summed E-state index contributed by atoms with van der Waals surface area (Å²) in [7, 11) is -4.15. The van der Waals surface area contributed by atoms with Gasteiger partial charge in [0.2, 0.25) is 11.8 Å². The van der Waals surface area contributed by atoms with Crippen LogP contribution in [0, 0.1) is 13.8 Å². The first-order chi connectivity index (χ1) is 22.5. The van der Waals surface area contributed by atoms with E-state index in [0.29, 0.717) is 12.2 Å². The van der Waals surface area contributed by atoms with Gasteiger partial charge in [-0.3, -0.25) is 13.9 Å². The molecular weight excluding hydrogens is 607 g/mol. The molecular formula is C39H47N3O4S. The molecule has 0 saturated heterocycles. The van der Waals surface area contributed by atoms with Gasteiger partial charge in [-0.1, -0.05) is 117 Å². The fourth-order valence-corrected chi connectivity index (χ4v) is 6.76. The van der Waals surface area contributed by atoms with Crippen LogP contribution >= 0.6 is 0 Å². The van der Waals surface area contributed by atoms with Crippen molar-refractivity contribution in [2.24, 2.45) is 0 Å². The van der Waals surface area contributed by atoms with Crippen LogP contribution in [0.4, 0.5) is 5.69 Å². The van der Waals surface area contributed by atoms with Crippen molar-refractivity contribution in [2.45, 2.75) is 77.3 Å². The van der Waals surface area contributed by atoms with Crippen LogP contribution in [-0.2, 0) is 32.6 Å². The lowest BCUT2D eigenvalue weighted by atomic mass is 10.0. The number of hydrogen-bond acceptors (Lipinski definition) is 4. The molecule has 1 N–H and O–H groups in total. The average molecular weight is 654 g/mol. The molecule has 47 heavy (non-hydrogen) atoms. The lowest BCUT2D eigenvalue weighted by Crippen LogP contribution is -2.53. The van der Waals surface area contributed by atoms with Crippen molar-refractivity contribution in [3.8, 4) is 0 Å². The van der Waals surface area contributed by atoms with Crippen molar-refractivity contribution in [2.75, 3.05) is 17.4 Å². The molecule has 0 fully saturated rings. The first-order valence-electron chi connectivity index (χ1n) is 16.4. The molecule has 0 heterocycles. The van der Waals surface area contributed by atoms with Crippen molar-refractivity contribution in [3.05, 3.63) is 131 Å². The molecule has 4 aromatic carbocycles. The highest BCUT2D eigenvalue weighted by atomic mass is 32.2. The molecule has 2 amide bonds. The molecule has 8 heteroatoms. The van der Waals surface area contributed by atoms with Gasteiger partial charge in [-0.05, 0) is 67.1 Å². The Morgan fingerprint density at radius 1 is 0.766 bits per heavy atom. The number of rotatable bonds is 15. The lowest BCUT2D eigenvalue weighted by molar-refractivity contribution is -0.140. The van der Waals surface area contributed by atoms with E-state index in [1.807, 2.05) is 80.6 Å². The maximum absolute atomic E-state index is 14.6. The third-order valence-corrected chi connectivity index (χ3v) is 10.1. The number of nitrogens with zero attached hydrogens (tertiary/aromatic N) is 2. The molecule has 0 aliphatic rings. The van der Waals surface area contributed by atoms with Gasteiger partial charge in [0.25, 0.3) is 10.0 Å². The molecule has 4 rings (SSSR count). The summed E-state index contributed by atoms with van der Waals surface area (Å²) in [5.74, 6) is -0.486. The first kappa shape index (κ1) is 35.4. The van der Waals surface area contributed by atoms with Crippen LogP contribution in [0.2, 0.25) is 0 Å². The number of hydrogen-bond donors (Lipinski definition) is 1. The van der Waals surface area contributed by atoms with E-state index >= 15 is 0 Å². The van der Waals surface area contributed by atoms with Gasteiger partial charge in [0, 0.05) is 19.5 Å². The number of carbonyl (C=O) groups excluding carboxylic acids is 2. The lowest BCUT2D eigenvalue weighted by Gasteiger charge is -2.34. The van der Waals surface area contributed by atoms with E-state index in [2.05, 4.69) is 26.1 Å². The van der Waals surface area contributed by atoms with E-state index in [1.54, 1.807) is 41.3 Å². The largest absolute Gasteiger partial charge is 0.354 e. The number of aryl methyl sites for hydroxylation is 2. The third-order valence-electron chi connectivity index (χ3n) is 8.31. The molecule has 1 atom stereocenters. The summed E-state index contributed by atoms with van der Waals surface area (Å²) >= 11 is 0. The van der Waals surface area contributed by atoms with Crippen LogP contribution in [-0.4, -0.2) is 44.3 Å². The molecule has 7 nitrogen and oxygen atoms in total. The molecule has 0 radical (unpaired) electrons. The minimum atomic E-state index is -4.15. The maximum Gasteiger partial charge on any atom is 0.264 e. The monoisotopic (exact) mass is 653 g/mol. The van der Waals surface area contributed by atoms with Gasteiger partial charge >= 0.3 is 0 Å². The van der Waals surface area contributed by atoms with Crippen LogP contribution in [0.3, 0.4) is 0 Å². The van der Waals surface area contributed by atoms with Crippen molar-refractivity contribution in [3.63, 3.8) is 0 Å². The second-order valence-electron chi connectivity index (χ2n) is 12.4. The highest BCUT2D eigenvalue weighted by Gasteiger charge is 2.34. The smallest absolute Gasteiger partial charge is 0.264 e. The maximum atomic E-state index is 14.6. The van der Waals surface area contributed by atoms with E-state index in [9.17, 15) is 18.0 Å². The van der Waals surface area contributed by atoms with Gasteiger partial charge in [0.1, 0.15) is 12.6 Å². The number of carbonyl (C=O) groups is 2. The third kappa shape index (κ3) is 9.55.